The van der Waals surface area contributed by atoms with E-state index in [2.05, 4.69) is 15.5 Å². The lowest BCUT2D eigenvalue weighted by molar-refractivity contribution is 0.483. The number of fused-ring (bicyclic) bond motifs is 1. The second-order valence-corrected chi connectivity index (χ2v) is 2.58. The Morgan fingerprint density at radius 2 is 2.60 bits per heavy atom. The summed E-state index contributed by atoms with van der Waals surface area (Å²) in [6.07, 6.45) is 0.934. The van der Waals surface area contributed by atoms with Crippen molar-refractivity contribution in [3.63, 3.8) is 0 Å². The molecule has 2 rings (SSSR count). The van der Waals surface area contributed by atoms with Crippen LogP contribution in [0.3, 0.4) is 0 Å². The zero-order chi connectivity index (χ0) is 6.97. The summed E-state index contributed by atoms with van der Waals surface area (Å²) in [5.41, 5.74) is 5.48. The van der Waals surface area contributed by atoms with Crippen molar-refractivity contribution >= 4 is 0 Å². The van der Waals surface area contributed by atoms with Crippen molar-refractivity contribution < 1.29 is 0 Å². The van der Waals surface area contributed by atoms with Crippen molar-refractivity contribution in [1.29, 1.82) is 0 Å². The molecule has 54 valence electrons. The molecule has 0 aliphatic carbocycles. The van der Waals surface area contributed by atoms with E-state index in [1.165, 1.54) is 0 Å². The van der Waals surface area contributed by atoms with Crippen molar-refractivity contribution in [3.05, 3.63) is 5.82 Å². The summed E-state index contributed by atoms with van der Waals surface area (Å²) < 4.78 is 1.82. The van der Waals surface area contributed by atoms with Gasteiger partial charge in [-0.15, -0.1) is 5.10 Å². The quantitative estimate of drug-likeness (QED) is 0.530. The molecular formula is C5H9N5. The van der Waals surface area contributed by atoms with Crippen LogP contribution in [-0.2, 0) is 13.0 Å². The van der Waals surface area contributed by atoms with Gasteiger partial charge in [-0.05, 0) is 22.9 Å². The molecule has 1 aromatic heterocycles. The van der Waals surface area contributed by atoms with Crippen LogP contribution in [0.15, 0.2) is 0 Å². The zero-order valence-corrected chi connectivity index (χ0v) is 5.56. The van der Waals surface area contributed by atoms with Crippen LogP contribution in [0.1, 0.15) is 5.82 Å². The lowest BCUT2D eigenvalue weighted by atomic mass is 10.1. The maximum absolute atomic E-state index is 5.48. The number of hydrogen-bond acceptors (Lipinski definition) is 4. The fraction of sp³-hybridized carbons (Fsp3) is 0.800. The first-order valence-electron chi connectivity index (χ1n) is 3.35. The summed E-state index contributed by atoms with van der Waals surface area (Å²) in [7, 11) is 0. The Hall–Kier alpha value is -0.970. The highest BCUT2D eigenvalue weighted by molar-refractivity contribution is 4.91. The maximum Gasteiger partial charge on any atom is 0.151 e. The molecule has 0 bridgehead atoms. The van der Waals surface area contributed by atoms with Gasteiger partial charge in [-0.25, -0.2) is 4.68 Å². The topological polar surface area (TPSA) is 69.6 Å². The lowest BCUT2D eigenvalue weighted by Gasteiger charge is -2.00. The van der Waals surface area contributed by atoms with E-state index in [-0.39, 0.29) is 0 Å². The van der Waals surface area contributed by atoms with Crippen LogP contribution in [0.5, 0.6) is 0 Å². The number of nitrogens with zero attached hydrogens (tertiary/aromatic N) is 4. The van der Waals surface area contributed by atoms with Crippen molar-refractivity contribution in [2.45, 2.75) is 13.0 Å². The number of hydrogen-bond donors (Lipinski definition) is 1. The third-order valence-electron chi connectivity index (χ3n) is 1.84. The van der Waals surface area contributed by atoms with Gasteiger partial charge in [-0.1, -0.05) is 0 Å². The average Bonchev–Trinajstić information content (AvgIpc) is 2.42. The van der Waals surface area contributed by atoms with Crippen LogP contribution in [0.2, 0.25) is 0 Å². The molecular weight excluding hydrogens is 130 g/mol. The largest absolute Gasteiger partial charge is 0.330 e. The van der Waals surface area contributed by atoms with Crippen molar-refractivity contribution in [2.24, 2.45) is 11.7 Å². The molecule has 0 amide bonds. The van der Waals surface area contributed by atoms with Gasteiger partial charge in [0.2, 0.25) is 0 Å². The number of rotatable bonds is 1. The molecule has 5 nitrogen and oxygen atoms in total. The summed E-state index contributed by atoms with van der Waals surface area (Å²) in [4.78, 5) is 0. The highest BCUT2D eigenvalue weighted by Gasteiger charge is 2.22. The molecule has 2 N–H and O–H groups in total. The Balaban J connectivity index is 2.21. The van der Waals surface area contributed by atoms with E-state index in [0.717, 1.165) is 18.8 Å². The summed E-state index contributed by atoms with van der Waals surface area (Å²) >= 11 is 0. The highest BCUT2D eigenvalue weighted by atomic mass is 15.5. The minimum atomic E-state index is 0.526. The minimum absolute atomic E-state index is 0.526. The molecule has 0 spiro atoms. The smallest absolute Gasteiger partial charge is 0.151 e. The van der Waals surface area contributed by atoms with Gasteiger partial charge in [0, 0.05) is 13.0 Å². The molecule has 0 radical (unpaired) electrons. The molecule has 0 aromatic carbocycles. The molecule has 1 aromatic rings. The third-order valence-corrected chi connectivity index (χ3v) is 1.84. The predicted molar refractivity (Wildman–Crippen MR) is 34.1 cm³/mol. The average molecular weight is 139 g/mol. The Bertz CT molecular complexity index is 209. The van der Waals surface area contributed by atoms with Crippen LogP contribution >= 0.6 is 0 Å². The van der Waals surface area contributed by atoms with Gasteiger partial charge in [-0.2, -0.15) is 0 Å². The van der Waals surface area contributed by atoms with Crippen molar-refractivity contribution in [3.8, 4) is 0 Å². The van der Waals surface area contributed by atoms with Gasteiger partial charge in [-0.3, -0.25) is 0 Å². The van der Waals surface area contributed by atoms with Crippen molar-refractivity contribution in [1.82, 2.24) is 20.2 Å². The van der Waals surface area contributed by atoms with E-state index < -0.39 is 0 Å². The van der Waals surface area contributed by atoms with Gasteiger partial charge in [0.1, 0.15) is 0 Å². The molecule has 0 fully saturated rings. The first-order chi connectivity index (χ1) is 4.90. The number of nitrogens with two attached hydrogens (primary N) is 1. The fourth-order valence-corrected chi connectivity index (χ4v) is 1.24. The number of tetrazole rings is 1. The van der Waals surface area contributed by atoms with E-state index in [4.69, 9.17) is 5.73 Å². The first kappa shape index (κ1) is 5.79. The summed E-state index contributed by atoms with van der Waals surface area (Å²) in [6.45, 7) is 1.60. The van der Waals surface area contributed by atoms with Crippen LogP contribution in [0, 0.1) is 5.92 Å². The van der Waals surface area contributed by atoms with Crippen LogP contribution in [-0.4, -0.2) is 26.8 Å². The van der Waals surface area contributed by atoms with Gasteiger partial charge < -0.3 is 5.73 Å². The molecule has 10 heavy (non-hydrogen) atoms. The first-order valence-corrected chi connectivity index (χ1v) is 3.35. The van der Waals surface area contributed by atoms with Gasteiger partial charge in [0.15, 0.2) is 5.82 Å². The summed E-state index contributed by atoms with van der Waals surface area (Å²) in [5.74, 6) is 1.49. The second-order valence-electron chi connectivity index (χ2n) is 2.58. The lowest BCUT2D eigenvalue weighted by Crippen LogP contribution is -2.15. The summed E-state index contributed by atoms with van der Waals surface area (Å²) in [6, 6.07) is 0. The Morgan fingerprint density at radius 3 is 3.30 bits per heavy atom. The number of aromatic nitrogens is 4. The SMILES string of the molecule is NCC1Cc2nnnn2C1. The Labute approximate surface area is 58.2 Å². The predicted octanol–water partition coefficient (Wildman–Crippen LogP) is -1.20. The Kier molecular flexibility index (Phi) is 1.17. The second kappa shape index (κ2) is 2.02. The van der Waals surface area contributed by atoms with Gasteiger partial charge in [0.05, 0.1) is 0 Å². The molecule has 1 aliphatic rings. The molecule has 1 aliphatic heterocycles. The standard InChI is InChI=1S/C5H9N5/c6-2-4-1-5-7-8-9-10(5)3-4/h4H,1-3,6H2. The maximum atomic E-state index is 5.48. The van der Waals surface area contributed by atoms with Gasteiger partial charge >= 0.3 is 0 Å². The van der Waals surface area contributed by atoms with E-state index >= 15 is 0 Å². The highest BCUT2D eigenvalue weighted by Crippen LogP contribution is 2.14. The third kappa shape index (κ3) is 0.706. The van der Waals surface area contributed by atoms with Crippen LogP contribution in [0.25, 0.3) is 0 Å². The molecule has 5 heteroatoms. The van der Waals surface area contributed by atoms with E-state index in [1.807, 2.05) is 4.68 Å². The zero-order valence-electron chi connectivity index (χ0n) is 5.56. The van der Waals surface area contributed by atoms with Crippen molar-refractivity contribution in [2.75, 3.05) is 6.54 Å². The van der Waals surface area contributed by atoms with Crippen LogP contribution < -0.4 is 5.73 Å². The molecule has 2 heterocycles. The van der Waals surface area contributed by atoms with E-state index in [1.54, 1.807) is 0 Å². The molecule has 1 atom stereocenters. The molecule has 1 unspecified atom stereocenters. The fourth-order valence-electron chi connectivity index (χ4n) is 1.24. The van der Waals surface area contributed by atoms with Gasteiger partial charge in [0.25, 0.3) is 0 Å². The minimum Gasteiger partial charge on any atom is -0.330 e. The summed E-state index contributed by atoms with van der Waals surface area (Å²) in [5, 5.41) is 11.2. The van der Waals surface area contributed by atoms with Crippen LogP contribution in [0.4, 0.5) is 0 Å². The normalized spacial score (nSPS) is 23.1. The van der Waals surface area contributed by atoms with E-state index in [9.17, 15) is 0 Å². The molecule has 0 saturated carbocycles. The monoisotopic (exact) mass is 139 g/mol. The Morgan fingerprint density at radius 1 is 1.70 bits per heavy atom. The molecule has 0 saturated heterocycles. The van der Waals surface area contributed by atoms with E-state index in [0.29, 0.717) is 12.5 Å².